The van der Waals surface area contributed by atoms with Crippen molar-refractivity contribution in [1.29, 1.82) is 0 Å². The van der Waals surface area contributed by atoms with Gasteiger partial charge in [0.05, 0.1) is 12.0 Å². The zero-order chi connectivity index (χ0) is 21.6. The highest BCUT2D eigenvalue weighted by molar-refractivity contribution is 7.12. The SMILES string of the molecule is COc1cccc(CN2CCN(Cc3ccc(C#CC(C)(C)O)s3)C[C@H]2CCO)c1. The third kappa shape index (κ3) is 6.83. The Balaban J connectivity index is 1.60. The molecule has 0 unspecified atom stereocenters. The second kappa shape index (κ2) is 10.4. The minimum atomic E-state index is -0.971. The molecule has 2 aromatic rings. The number of nitrogens with zero attached hydrogens (tertiary/aromatic N) is 2. The lowest BCUT2D eigenvalue weighted by Crippen LogP contribution is -2.52. The van der Waals surface area contributed by atoms with Gasteiger partial charge in [-0.25, -0.2) is 0 Å². The Kier molecular flexibility index (Phi) is 7.93. The van der Waals surface area contributed by atoms with E-state index in [1.54, 1.807) is 32.3 Å². The van der Waals surface area contributed by atoms with E-state index in [1.807, 2.05) is 18.2 Å². The van der Waals surface area contributed by atoms with Crippen LogP contribution in [0.4, 0.5) is 0 Å². The van der Waals surface area contributed by atoms with Gasteiger partial charge in [0.2, 0.25) is 0 Å². The Labute approximate surface area is 183 Å². The molecular weight excluding hydrogens is 396 g/mol. The summed E-state index contributed by atoms with van der Waals surface area (Å²) in [5.74, 6) is 6.82. The zero-order valence-electron chi connectivity index (χ0n) is 18.1. The second-order valence-corrected chi connectivity index (χ2v) is 9.47. The maximum atomic E-state index is 9.78. The maximum Gasteiger partial charge on any atom is 0.120 e. The van der Waals surface area contributed by atoms with Crippen molar-refractivity contribution in [3.63, 3.8) is 0 Å². The lowest BCUT2D eigenvalue weighted by molar-refractivity contribution is 0.0504. The molecule has 0 saturated carbocycles. The molecule has 0 amide bonds. The first-order chi connectivity index (χ1) is 14.4. The van der Waals surface area contributed by atoms with Crippen LogP contribution in [-0.4, -0.2) is 65.0 Å². The quantitative estimate of drug-likeness (QED) is 0.664. The van der Waals surface area contributed by atoms with E-state index >= 15 is 0 Å². The first kappa shape index (κ1) is 22.8. The van der Waals surface area contributed by atoms with Crippen molar-refractivity contribution in [3.8, 4) is 17.6 Å². The zero-order valence-corrected chi connectivity index (χ0v) is 18.9. The van der Waals surface area contributed by atoms with Gasteiger partial charge >= 0.3 is 0 Å². The molecule has 1 atom stereocenters. The molecule has 0 aliphatic carbocycles. The van der Waals surface area contributed by atoms with E-state index < -0.39 is 5.60 Å². The lowest BCUT2D eigenvalue weighted by Gasteiger charge is -2.41. The van der Waals surface area contributed by atoms with Crippen LogP contribution in [0.2, 0.25) is 0 Å². The summed E-state index contributed by atoms with van der Waals surface area (Å²) in [6.45, 7) is 8.25. The van der Waals surface area contributed by atoms with Gasteiger partial charge in [-0.15, -0.1) is 11.3 Å². The summed E-state index contributed by atoms with van der Waals surface area (Å²) in [7, 11) is 1.69. The number of hydrogen-bond acceptors (Lipinski definition) is 6. The number of benzene rings is 1. The van der Waals surface area contributed by atoms with Crippen molar-refractivity contribution in [3.05, 3.63) is 51.7 Å². The molecule has 6 heteroatoms. The summed E-state index contributed by atoms with van der Waals surface area (Å²) in [6.07, 6.45) is 0.771. The standard InChI is InChI=1S/C24H32N2O3S/c1-24(2,28)11-9-22-7-8-23(30-22)18-25-12-13-26(20(17-25)10-14-27)16-19-5-4-6-21(15-19)29-3/h4-8,15,20,27-28H,10,12-14,16-18H2,1-3H3/t20-/m1/s1. The first-order valence-corrected chi connectivity index (χ1v) is 11.2. The van der Waals surface area contributed by atoms with Crippen LogP contribution in [0, 0.1) is 11.8 Å². The van der Waals surface area contributed by atoms with Crippen LogP contribution >= 0.6 is 11.3 Å². The molecule has 162 valence electrons. The third-order valence-electron chi connectivity index (χ3n) is 5.20. The molecule has 0 spiro atoms. The van der Waals surface area contributed by atoms with E-state index in [9.17, 15) is 10.2 Å². The molecule has 1 aliphatic rings. The molecule has 1 fully saturated rings. The molecule has 2 heterocycles. The molecule has 2 N–H and O–H groups in total. The molecule has 0 radical (unpaired) electrons. The van der Waals surface area contributed by atoms with Crippen molar-refractivity contribution in [2.75, 3.05) is 33.4 Å². The van der Waals surface area contributed by atoms with E-state index in [0.717, 1.165) is 49.8 Å². The minimum absolute atomic E-state index is 0.197. The van der Waals surface area contributed by atoms with Gasteiger partial charge in [-0.05, 0) is 50.1 Å². The molecule has 1 saturated heterocycles. The van der Waals surface area contributed by atoms with Gasteiger partial charge in [-0.2, -0.15) is 0 Å². The van der Waals surface area contributed by atoms with Crippen LogP contribution in [-0.2, 0) is 13.1 Å². The van der Waals surface area contributed by atoms with Crippen molar-refractivity contribution >= 4 is 11.3 Å². The normalized spacial score (nSPS) is 18.1. The Hall–Kier alpha value is -1.88. The molecule has 30 heavy (non-hydrogen) atoms. The fourth-order valence-corrected chi connectivity index (χ4v) is 4.61. The van der Waals surface area contributed by atoms with E-state index in [2.05, 4.69) is 39.8 Å². The maximum absolute atomic E-state index is 9.78. The highest BCUT2D eigenvalue weighted by atomic mass is 32.1. The number of piperazine rings is 1. The number of hydrogen-bond donors (Lipinski definition) is 2. The van der Waals surface area contributed by atoms with Crippen molar-refractivity contribution in [2.45, 2.75) is 45.0 Å². The average Bonchev–Trinajstić information content (AvgIpc) is 3.16. The number of aliphatic hydroxyl groups is 2. The van der Waals surface area contributed by atoms with Crippen molar-refractivity contribution in [1.82, 2.24) is 9.80 Å². The van der Waals surface area contributed by atoms with E-state index in [0.29, 0.717) is 6.04 Å². The number of rotatable bonds is 7. The topological polar surface area (TPSA) is 56.2 Å². The van der Waals surface area contributed by atoms with Crippen LogP contribution in [0.25, 0.3) is 0 Å². The predicted octanol–water partition coefficient (Wildman–Crippen LogP) is 2.95. The number of methoxy groups -OCH3 is 1. The van der Waals surface area contributed by atoms with Crippen LogP contribution < -0.4 is 4.74 Å². The number of aliphatic hydroxyl groups excluding tert-OH is 1. The lowest BCUT2D eigenvalue weighted by atomic mass is 10.1. The smallest absolute Gasteiger partial charge is 0.120 e. The number of thiophene rings is 1. The van der Waals surface area contributed by atoms with E-state index in [4.69, 9.17) is 4.74 Å². The van der Waals surface area contributed by atoms with Gasteiger partial charge in [-0.1, -0.05) is 24.0 Å². The first-order valence-electron chi connectivity index (χ1n) is 10.4. The summed E-state index contributed by atoms with van der Waals surface area (Å²) in [4.78, 5) is 7.19. The summed E-state index contributed by atoms with van der Waals surface area (Å²) < 4.78 is 5.35. The third-order valence-corrected chi connectivity index (χ3v) is 6.19. The van der Waals surface area contributed by atoms with E-state index in [-0.39, 0.29) is 6.61 Å². The Morgan fingerprint density at radius 3 is 2.77 bits per heavy atom. The van der Waals surface area contributed by atoms with Crippen molar-refractivity contribution in [2.24, 2.45) is 0 Å². The minimum Gasteiger partial charge on any atom is -0.497 e. The summed E-state index contributed by atoms with van der Waals surface area (Å²) in [5, 5.41) is 19.4. The summed E-state index contributed by atoms with van der Waals surface area (Å²) >= 11 is 1.69. The average molecular weight is 429 g/mol. The van der Waals surface area contributed by atoms with Gasteiger partial charge in [0.15, 0.2) is 0 Å². The molecule has 3 rings (SSSR count). The molecule has 1 aliphatic heterocycles. The number of ether oxygens (including phenoxy) is 1. The fraction of sp³-hybridized carbons (Fsp3) is 0.500. The van der Waals surface area contributed by atoms with Crippen LogP contribution in [0.1, 0.15) is 35.6 Å². The molecule has 0 bridgehead atoms. The molecule has 1 aromatic carbocycles. The Morgan fingerprint density at radius 2 is 2.03 bits per heavy atom. The van der Waals surface area contributed by atoms with Gasteiger partial charge in [0.1, 0.15) is 11.4 Å². The molecular formula is C24H32N2O3S. The Bertz CT molecular complexity index is 878. The second-order valence-electron chi connectivity index (χ2n) is 8.30. The largest absolute Gasteiger partial charge is 0.497 e. The van der Waals surface area contributed by atoms with Gasteiger partial charge in [0.25, 0.3) is 0 Å². The van der Waals surface area contributed by atoms with E-state index in [1.165, 1.54) is 10.4 Å². The monoisotopic (exact) mass is 428 g/mol. The molecule has 1 aromatic heterocycles. The summed E-state index contributed by atoms with van der Waals surface area (Å²) in [5.41, 5.74) is 0.264. The van der Waals surface area contributed by atoms with Crippen LogP contribution in [0.15, 0.2) is 36.4 Å². The van der Waals surface area contributed by atoms with Crippen molar-refractivity contribution < 1.29 is 14.9 Å². The van der Waals surface area contributed by atoms with Crippen LogP contribution in [0.5, 0.6) is 5.75 Å². The fourth-order valence-electron chi connectivity index (χ4n) is 3.70. The van der Waals surface area contributed by atoms with Crippen LogP contribution in [0.3, 0.4) is 0 Å². The van der Waals surface area contributed by atoms with Gasteiger partial charge < -0.3 is 14.9 Å². The Morgan fingerprint density at radius 1 is 1.20 bits per heavy atom. The highest BCUT2D eigenvalue weighted by Gasteiger charge is 2.27. The highest BCUT2D eigenvalue weighted by Crippen LogP contribution is 2.23. The van der Waals surface area contributed by atoms with Gasteiger partial charge in [-0.3, -0.25) is 9.80 Å². The van der Waals surface area contributed by atoms with Gasteiger partial charge in [0, 0.05) is 50.2 Å². The summed E-state index contributed by atoms with van der Waals surface area (Å²) in [6, 6.07) is 12.7. The molecule has 5 nitrogen and oxygen atoms in total. The predicted molar refractivity (Wildman–Crippen MR) is 122 cm³/mol.